The number of hydrogen-bond donors (Lipinski definition) is 1. The molecule has 0 aliphatic heterocycles. The molecule has 2 heterocycles. The Balaban J connectivity index is 0.000000362. The Morgan fingerprint density at radius 1 is 0.885 bits per heavy atom. The Kier molecular flexibility index (Phi) is 16.1. The minimum absolute atomic E-state index is 0.693. The van der Waals surface area contributed by atoms with E-state index >= 15 is 0 Å². The third-order valence-corrected chi connectivity index (χ3v) is 3.42. The predicted octanol–water partition coefficient (Wildman–Crippen LogP) is 5.23. The van der Waals surface area contributed by atoms with E-state index in [0.717, 1.165) is 19.4 Å². The number of rotatable bonds is 7. The summed E-state index contributed by atoms with van der Waals surface area (Å²) in [6, 6.07) is 8.20. The molecule has 2 aromatic rings. The molecular weight excluding hydrogens is 320 g/mol. The maximum atomic E-state index is 5.28. The SMILES string of the molecule is CCCCN=C(C)N.CCCc1cccnc1.CCCc1ccncc1. The average Bonchev–Trinajstić information content (AvgIpc) is 2.65. The molecule has 2 rings (SSSR count). The lowest BCUT2D eigenvalue weighted by atomic mass is 10.2. The van der Waals surface area contributed by atoms with Crippen molar-refractivity contribution in [1.82, 2.24) is 9.97 Å². The molecule has 0 aromatic carbocycles. The molecule has 0 radical (unpaired) electrons. The smallest absolute Gasteiger partial charge is 0.0905 e. The Labute approximate surface area is 160 Å². The van der Waals surface area contributed by atoms with Crippen LogP contribution in [0.15, 0.2) is 54.0 Å². The number of unbranched alkanes of at least 4 members (excludes halogenated alkanes) is 1. The van der Waals surface area contributed by atoms with Crippen molar-refractivity contribution in [2.45, 2.75) is 66.2 Å². The Morgan fingerprint density at radius 2 is 1.54 bits per heavy atom. The standard InChI is InChI=1S/2C8H11N.C6H14N2/c1-2-4-8-5-3-6-9-7-8;1-2-3-8-4-6-9-7-5-8;1-3-4-5-8-6(2)7/h3,5-7H,2,4H2,1H3;4-7H,2-3H2,1H3;3-5H2,1-2H3,(H2,7,8). The lowest BCUT2D eigenvalue weighted by Gasteiger charge is -1.93. The molecule has 0 saturated heterocycles. The second kappa shape index (κ2) is 17.6. The number of nitrogens with two attached hydrogens (primary N) is 1. The van der Waals surface area contributed by atoms with Crippen molar-refractivity contribution in [3.63, 3.8) is 0 Å². The number of aromatic nitrogens is 2. The van der Waals surface area contributed by atoms with Gasteiger partial charge in [-0.15, -0.1) is 0 Å². The van der Waals surface area contributed by atoms with Crippen molar-refractivity contribution in [2.75, 3.05) is 6.54 Å². The van der Waals surface area contributed by atoms with E-state index in [1.165, 1.54) is 36.8 Å². The molecule has 0 spiro atoms. The molecule has 4 heteroatoms. The van der Waals surface area contributed by atoms with Crippen molar-refractivity contribution in [1.29, 1.82) is 0 Å². The van der Waals surface area contributed by atoms with Crippen LogP contribution in [0.2, 0.25) is 0 Å². The van der Waals surface area contributed by atoms with Gasteiger partial charge in [-0.05, 0) is 55.5 Å². The fourth-order valence-electron chi connectivity index (χ4n) is 2.09. The van der Waals surface area contributed by atoms with Crippen LogP contribution in [-0.2, 0) is 12.8 Å². The van der Waals surface area contributed by atoms with Crippen molar-refractivity contribution in [3.05, 3.63) is 60.2 Å². The molecule has 0 saturated carbocycles. The van der Waals surface area contributed by atoms with Crippen LogP contribution >= 0.6 is 0 Å². The van der Waals surface area contributed by atoms with Crippen LogP contribution in [0.4, 0.5) is 0 Å². The van der Waals surface area contributed by atoms with Crippen LogP contribution in [0.5, 0.6) is 0 Å². The number of aryl methyl sites for hydroxylation is 2. The summed E-state index contributed by atoms with van der Waals surface area (Å²) in [5, 5.41) is 0. The second-order valence-electron chi connectivity index (χ2n) is 6.09. The molecule has 0 aliphatic rings. The van der Waals surface area contributed by atoms with Crippen molar-refractivity contribution in [3.8, 4) is 0 Å². The zero-order valence-corrected chi connectivity index (χ0v) is 17.0. The number of amidine groups is 1. The minimum Gasteiger partial charge on any atom is -0.388 e. The van der Waals surface area contributed by atoms with Crippen LogP contribution in [0.3, 0.4) is 0 Å². The van der Waals surface area contributed by atoms with E-state index in [-0.39, 0.29) is 0 Å². The number of nitrogens with zero attached hydrogens (tertiary/aromatic N) is 3. The van der Waals surface area contributed by atoms with Crippen LogP contribution in [0.1, 0.15) is 64.5 Å². The van der Waals surface area contributed by atoms with Gasteiger partial charge >= 0.3 is 0 Å². The summed E-state index contributed by atoms with van der Waals surface area (Å²) < 4.78 is 0. The predicted molar refractivity (Wildman–Crippen MR) is 114 cm³/mol. The summed E-state index contributed by atoms with van der Waals surface area (Å²) in [5.74, 6) is 0.693. The van der Waals surface area contributed by atoms with E-state index in [1.54, 1.807) is 6.20 Å². The highest BCUT2D eigenvalue weighted by molar-refractivity contribution is 5.77. The average molecular weight is 357 g/mol. The van der Waals surface area contributed by atoms with E-state index in [2.05, 4.69) is 53.9 Å². The van der Waals surface area contributed by atoms with E-state index in [4.69, 9.17) is 5.73 Å². The molecule has 26 heavy (non-hydrogen) atoms. The third-order valence-electron chi connectivity index (χ3n) is 3.42. The summed E-state index contributed by atoms with van der Waals surface area (Å²) in [6.07, 6.45) is 14.5. The molecule has 144 valence electrons. The highest BCUT2D eigenvalue weighted by Gasteiger charge is 1.86. The third kappa shape index (κ3) is 15.3. The van der Waals surface area contributed by atoms with Crippen LogP contribution in [0, 0.1) is 0 Å². The number of pyridine rings is 2. The monoisotopic (exact) mass is 356 g/mol. The number of aliphatic imine (C=N–C) groups is 1. The zero-order chi connectivity index (χ0) is 19.5. The molecule has 0 unspecified atom stereocenters. The molecule has 0 fully saturated rings. The first-order valence-corrected chi connectivity index (χ1v) is 9.68. The highest BCUT2D eigenvalue weighted by Crippen LogP contribution is 1.99. The molecule has 2 aromatic heterocycles. The summed E-state index contributed by atoms with van der Waals surface area (Å²) in [6.45, 7) is 9.20. The maximum Gasteiger partial charge on any atom is 0.0905 e. The lowest BCUT2D eigenvalue weighted by Crippen LogP contribution is -2.05. The summed E-state index contributed by atoms with van der Waals surface area (Å²) >= 11 is 0. The van der Waals surface area contributed by atoms with Gasteiger partial charge < -0.3 is 5.73 Å². The van der Waals surface area contributed by atoms with E-state index in [1.807, 2.05) is 31.6 Å². The molecule has 0 bridgehead atoms. The van der Waals surface area contributed by atoms with Crippen molar-refractivity contribution < 1.29 is 0 Å². The van der Waals surface area contributed by atoms with Gasteiger partial charge in [0.15, 0.2) is 0 Å². The summed E-state index contributed by atoms with van der Waals surface area (Å²) in [5.41, 5.74) is 8.00. The van der Waals surface area contributed by atoms with Crippen LogP contribution < -0.4 is 5.73 Å². The van der Waals surface area contributed by atoms with Gasteiger partial charge in [0, 0.05) is 31.3 Å². The molecule has 4 nitrogen and oxygen atoms in total. The van der Waals surface area contributed by atoms with Crippen LogP contribution in [0.25, 0.3) is 0 Å². The van der Waals surface area contributed by atoms with Gasteiger partial charge in [0.1, 0.15) is 0 Å². The molecule has 0 atom stereocenters. The first-order valence-electron chi connectivity index (χ1n) is 9.68. The molecule has 2 N–H and O–H groups in total. The quantitative estimate of drug-likeness (QED) is 0.419. The van der Waals surface area contributed by atoms with E-state index in [0.29, 0.717) is 5.84 Å². The lowest BCUT2D eigenvalue weighted by molar-refractivity contribution is 0.807. The molecular formula is C22H36N4. The van der Waals surface area contributed by atoms with E-state index in [9.17, 15) is 0 Å². The molecule has 0 aliphatic carbocycles. The Bertz CT molecular complexity index is 507. The zero-order valence-electron chi connectivity index (χ0n) is 17.0. The fourth-order valence-corrected chi connectivity index (χ4v) is 2.09. The fraction of sp³-hybridized carbons (Fsp3) is 0.500. The van der Waals surface area contributed by atoms with Gasteiger partial charge in [-0.1, -0.05) is 46.1 Å². The maximum absolute atomic E-state index is 5.28. The normalized spacial score (nSPS) is 10.2. The first kappa shape index (κ1) is 23.8. The van der Waals surface area contributed by atoms with Gasteiger partial charge in [-0.2, -0.15) is 0 Å². The largest absolute Gasteiger partial charge is 0.388 e. The summed E-state index contributed by atoms with van der Waals surface area (Å²) in [4.78, 5) is 11.9. The van der Waals surface area contributed by atoms with Crippen molar-refractivity contribution >= 4 is 5.84 Å². The van der Waals surface area contributed by atoms with Gasteiger partial charge in [-0.3, -0.25) is 15.0 Å². The first-order chi connectivity index (χ1) is 12.6. The van der Waals surface area contributed by atoms with Gasteiger partial charge in [0.25, 0.3) is 0 Å². The topological polar surface area (TPSA) is 64.2 Å². The van der Waals surface area contributed by atoms with Gasteiger partial charge in [-0.25, -0.2) is 0 Å². The van der Waals surface area contributed by atoms with E-state index < -0.39 is 0 Å². The van der Waals surface area contributed by atoms with Crippen molar-refractivity contribution in [2.24, 2.45) is 10.7 Å². The molecule has 0 amide bonds. The number of hydrogen-bond acceptors (Lipinski definition) is 3. The Hall–Kier alpha value is -2.23. The van der Waals surface area contributed by atoms with Crippen LogP contribution in [-0.4, -0.2) is 22.3 Å². The minimum atomic E-state index is 0.693. The second-order valence-corrected chi connectivity index (χ2v) is 6.09. The van der Waals surface area contributed by atoms with Gasteiger partial charge in [0.2, 0.25) is 0 Å². The van der Waals surface area contributed by atoms with Gasteiger partial charge in [0.05, 0.1) is 5.84 Å². The Morgan fingerprint density at radius 3 is 2.04 bits per heavy atom. The highest BCUT2D eigenvalue weighted by atomic mass is 14.8. The summed E-state index contributed by atoms with van der Waals surface area (Å²) in [7, 11) is 0.